The molecule has 0 amide bonds. The Kier molecular flexibility index (Phi) is 4.60. The van der Waals surface area contributed by atoms with Gasteiger partial charge in [0, 0.05) is 45.1 Å². The van der Waals surface area contributed by atoms with Crippen molar-refractivity contribution < 1.29 is 9.47 Å². The van der Waals surface area contributed by atoms with Crippen LogP contribution >= 0.6 is 0 Å². The maximum Gasteiger partial charge on any atom is 0.0948 e. The summed E-state index contributed by atoms with van der Waals surface area (Å²) in [6, 6.07) is -0.171. The zero-order valence-corrected chi connectivity index (χ0v) is 10.6. The first kappa shape index (κ1) is 13.4. The molecular weight excluding hydrogens is 232 g/mol. The van der Waals surface area contributed by atoms with Crippen LogP contribution in [0.15, 0.2) is 18.6 Å². The average Bonchev–Trinajstić information content (AvgIpc) is 2.42. The predicted molar refractivity (Wildman–Crippen MR) is 66.5 cm³/mol. The lowest BCUT2D eigenvalue weighted by molar-refractivity contribution is -0.128. The first-order valence-corrected chi connectivity index (χ1v) is 6.26. The van der Waals surface area contributed by atoms with Crippen LogP contribution in [0.3, 0.4) is 0 Å². The monoisotopic (exact) mass is 252 g/mol. The number of nitrogens with zero attached hydrogens (tertiary/aromatic N) is 2. The fraction of sp³-hybridized carbons (Fsp3) is 0.667. The average molecular weight is 252 g/mol. The minimum atomic E-state index is -0.363. The Morgan fingerprint density at radius 3 is 2.83 bits per heavy atom. The van der Waals surface area contributed by atoms with E-state index in [0.717, 1.165) is 18.5 Å². The lowest BCUT2D eigenvalue weighted by Crippen LogP contribution is -2.52. The first-order valence-electron chi connectivity index (χ1n) is 6.26. The molecule has 1 aliphatic heterocycles. The van der Waals surface area contributed by atoms with E-state index in [1.54, 1.807) is 18.6 Å². The lowest BCUT2D eigenvalue weighted by atomic mass is 9.84. The highest BCUT2D eigenvalue weighted by molar-refractivity contribution is 5.10. The third-order valence-electron chi connectivity index (χ3n) is 3.34. The minimum absolute atomic E-state index is 0.171. The molecule has 1 unspecified atom stereocenters. The summed E-state index contributed by atoms with van der Waals surface area (Å²) >= 11 is 0. The summed E-state index contributed by atoms with van der Waals surface area (Å²) in [5, 5.41) is 0. The van der Waals surface area contributed by atoms with Gasteiger partial charge in [-0.2, -0.15) is 0 Å². The zero-order valence-electron chi connectivity index (χ0n) is 10.6. The molecule has 1 saturated heterocycles. The van der Waals surface area contributed by atoms with Crippen molar-refractivity contribution in [1.82, 2.24) is 15.4 Å². The number of hydrazine groups is 1. The third-order valence-corrected chi connectivity index (χ3v) is 3.34. The molecule has 1 fully saturated rings. The van der Waals surface area contributed by atoms with Gasteiger partial charge in [-0.1, -0.05) is 0 Å². The standard InChI is InChI=1S/C12H20N4O2/c1-2-18-12(3-7-17-8-4-12)11(16-13)10-9-14-5-6-15-10/h5-6,9,11,16H,2-4,7-8,13H2,1H3. The molecule has 0 aliphatic carbocycles. The van der Waals surface area contributed by atoms with Gasteiger partial charge in [-0.25, -0.2) is 5.43 Å². The Morgan fingerprint density at radius 2 is 2.28 bits per heavy atom. The maximum absolute atomic E-state index is 5.99. The molecule has 1 aliphatic rings. The smallest absolute Gasteiger partial charge is 0.0948 e. The van der Waals surface area contributed by atoms with Gasteiger partial charge in [-0.15, -0.1) is 0 Å². The summed E-state index contributed by atoms with van der Waals surface area (Å²) in [4.78, 5) is 8.42. The van der Waals surface area contributed by atoms with Crippen molar-refractivity contribution in [2.24, 2.45) is 5.84 Å². The van der Waals surface area contributed by atoms with Crippen molar-refractivity contribution >= 4 is 0 Å². The molecule has 0 radical (unpaired) electrons. The summed E-state index contributed by atoms with van der Waals surface area (Å²) < 4.78 is 11.4. The van der Waals surface area contributed by atoms with Crippen molar-refractivity contribution in [3.8, 4) is 0 Å². The number of aromatic nitrogens is 2. The van der Waals surface area contributed by atoms with Crippen LogP contribution in [0.25, 0.3) is 0 Å². The fourth-order valence-electron chi connectivity index (χ4n) is 2.49. The highest BCUT2D eigenvalue weighted by Crippen LogP contribution is 2.36. The van der Waals surface area contributed by atoms with Crippen molar-refractivity contribution in [2.45, 2.75) is 31.4 Å². The largest absolute Gasteiger partial charge is 0.381 e. The molecule has 2 heterocycles. The van der Waals surface area contributed by atoms with Crippen LogP contribution in [-0.4, -0.2) is 35.4 Å². The quantitative estimate of drug-likeness (QED) is 0.589. The van der Waals surface area contributed by atoms with E-state index in [1.807, 2.05) is 6.92 Å². The molecule has 6 nitrogen and oxygen atoms in total. The highest BCUT2D eigenvalue weighted by Gasteiger charge is 2.42. The third kappa shape index (κ3) is 2.67. The van der Waals surface area contributed by atoms with E-state index in [9.17, 15) is 0 Å². The fourth-order valence-corrected chi connectivity index (χ4v) is 2.49. The Hall–Kier alpha value is -1.08. The first-order chi connectivity index (χ1) is 8.82. The summed E-state index contributed by atoms with van der Waals surface area (Å²) in [6.07, 6.45) is 6.63. The zero-order chi connectivity index (χ0) is 12.8. The van der Waals surface area contributed by atoms with Crippen LogP contribution in [0.5, 0.6) is 0 Å². The molecule has 0 spiro atoms. The number of nitrogens with one attached hydrogen (secondary N) is 1. The number of nitrogens with two attached hydrogens (primary N) is 1. The summed E-state index contributed by atoms with van der Waals surface area (Å²) in [5.74, 6) is 5.71. The van der Waals surface area contributed by atoms with Crippen LogP contribution in [0.4, 0.5) is 0 Å². The maximum atomic E-state index is 5.99. The number of ether oxygens (including phenoxy) is 2. The molecular formula is C12H20N4O2. The van der Waals surface area contributed by atoms with Gasteiger partial charge in [-0.05, 0) is 6.92 Å². The van der Waals surface area contributed by atoms with Crippen molar-refractivity contribution in [3.63, 3.8) is 0 Å². The van der Waals surface area contributed by atoms with Gasteiger partial charge < -0.3 is 9.47 Å². The summed E-state index contributed by atoms with van der Waals surface area (Å²) in [7, 11) is 0. The normalized spacial score (nSPS) is 20.6. The van der Waals surface area contributed by atoms with Crippen LogP contribution in [0, 0.1) is 0 Å². The molecule has 18 heavy (non-hydrogen) atoms. The Bertz CT molecular complexity index is 349. The molecule has 1 aromatic rings. The molecule has 0 bridgehead atoms. The molecule has 1 atom stereocenters. The van der Waals surface area contributed by atoms with E-state index in [4.69, 9.17) is 15.3 Å². The molecule has 100 valence electrons. The minimum Gasteiger partial charge on any atom is -0.381 e. The second kappa shape index (κ2) is 6.19. The van der Waals surface area contributed by atoms with Gasteiger partial charge in [-0.3, -0.25) is 15.8 Å². The molecule has 6 heteroatoms. The van der Waals surface area contributed by atoms with E-state index in [1.165, 1.54) is 0 Å². The van der Waals surface area contributed by atoms with E-state index >= 15 is 0 Å². The van der Waals surface area contributed by atoms with Gasteiger partial charge >= 0.3 is 0 Å². The van der Waals surface area contributed by atoms with Gasteiger partial charge in [0.05, 0.1) is 23.5 Å². The number of hydrogen-bond acceptors (Lipinski definition) is 6. The van der Waals surface area contributed by atoms with Crippen LogP contribution in [0.1, 0.15) is 31.5 Å². The Labute approximate surface area is 107 Å². The number of hydrogen-bond donors (Lipinski definition) is 2. The molecule has 2 rings (SSSR count). The molecule has 1 aromatic heterocycles. The molecule has 3 N–H and O–H groups in total. The summed E-state index contributed by atoms with van der Waals surface area (Å²) in [6.45, 7) is 3.98. The van der Waals surface area contributed by atoms with E-state index < -0.39 is 0 Å². The lowest BCUT2D eigenvalue weighted by Gasteiger charge is -2.42. The van der Waals surface area contributed by atoms with Crippen molar-refractivity contribution in [3.05, 3.63) is 24.3 Å². The van der Waals surface area contributed by atoms with E-state index in [2.05, 4.69) is 15.4 Å². The van der Waals surface area contributed by atoms with Gasteiger partial charge in [0.25, 0.3) is 0 Å². The van der Waals surface area contributed by atoms with Gasteiger partial charge in [0.2, 0.25) is 0 Å². The second-order valence-electron chi connectivity index (χ2n) is 4.34. The van der Waals surface area contributed by atoms with E-state index in [0.29, 0.717) is 19.8 Å². The van der Waals surface area contributed by atoms with Crippen LogP contribution < -0.4 is 11.3 Å². The molecule has 0 aromatic carbocycles. The Morgan fingerprint density at radius 1 is 1.50 bits per heavy atom. The Balaban J connectivity index is 2.27. The van der Waals surface area contributed by atoms with Gasteiger partial charge in [0.1, 0.15) is 0 Å². The SMILES string of the molecule is CCOC1(C(NN)c2cnccn2)CCOCC1. The van der Waals surface area contributed by atoms with Gasteiger partial charge in [0.15, 0.2) is 0 Å². The van der Waals surface area contributed by atoms with Crippen LogP contribution in [-0.2, 0) is 9.47 Å². The van der Waals surface area contributed by atoms with Crippen molar-refractivity contribution in [1.29, 1.82) is 0 Å². The topological polar surface area (TPSA) is 82.3 Å². The van der Waals surface area contributed by atoms with E-state index in [-0.39, 0.29) is 11.6 Å². The van der Waals surface area contributed by atoms with Crippen LogP contribution in [0.2, 0.25) is 0 Å². The second-order valence-corrected chi connectivity index (χ2v) is 4.34. The number of rotatable bonds is 5. The molecule has 0 saturated carbocycles. The van der Waals surface area contributed by atoms with Crippen molar-refractivity contribution in [2.75, 3.05) is 19.8 Å². The highest BCUT2D eigenvalue weighted by atomic mass is 16.5. The predicted octanol–water partition coefficient (Wildman–Crippen LogP) is 0.567. The summed E-state index contributed by atoms with van der Waals surface area (Å²) in [5.41, 5.74) is 3.27.